The Balaban J connectivity index is 0.000000304. The number of hydrogen-bond donors (Lipinski definition) is 0. The molecule has 0 amide bonds. The van der Waals surface area contributed by atoms with Crippen molar-refractivity contribution in [1.82, 2.24) is 0 Å². The highest BCUT2D eigenvalue weighted by Gasteiger charge is 2.38. The summed E-state index contributed by atoms with van der Waals surface area (Å²) in [4.78, 5) is 14.2. The molecule has 0 radical (unpaired) electrons. The van der Waals surface area contributed by atoms with Crippen LogP contribution in [0.4, 0.5) is 13.2 Å². The van der Waals surface area contributed by atoms with Gasteiger partial charge in [-0.3, -0.25) is 9.79 Å². The fourth-order valence-corrected chi connectivity index (χ4v) is 4.87. The van der Waals surface area contributed by atoms with E-state index >= 15 is 0 Å². The Labute approximate surface area is 180 Å². The number of alkyl halides is 3. The zero-order valence-electron chi connectivity index (χ0n) is 17.0. The van der Waals surface area contributed by atoms with Crippen LogP contribution in [-0.4, -0.2) is 31.3 Å². The largest absolute Gasteiger partial charge is 0.429 e. The van der Waals surface area contributed by atoms with Crippen LogP contribution in [0.2, 0.25) is 5.02 Å². The van der Waals surface area contributed by atoms with Crippen molar-refractivity contribution < 1.29 is 26.4 Å². The van der Waals surface area contributed by atoms with Crippen molar-refractivity contribution in [2.75, 3.05) is 0 Å². The number of allylic oxidation sites excluding steroid dienone is 2. The summed E-state index contributed by atoms with van der Waals surface area (Å²) in [5.41, 5.74) is -0.952. The molecule has 9 heteroatoms. The highest BCUT2D eigenvalue weighted by molar-refractivity contribution is 7.92. The van der Waals surface area contributed by atoms with Crippen LogP contribution in [0, 0.1) is 5.92 Å². The molecule has 1 aromatic rings. The molecule has 1 saturated carbocycles. The first-order chi connectivity index (χ1) is 13.8. The Hall–Kier alpha value is -1.93. The number of benzene rings is 1. The van der Waals surface area contributed by atoms with E-state index in [1.54, 1.807) is 18.2 Å². The van der Waals surface area contributed by atoms with Gasteiger partial charge in [0.15, 0.2) is 15.6 Å². The van der Waals surface area contributed by atoms with E-state index in [4.69, 9.17) is 11.6 Å². The van der Waals surface area contributed by atoms with E-state index in [9.17, 15) is 26.4 Å². The van der Waals surface area contributed by atoms with Gasteiger partial charge in [-0.2, -0.15) is 13.2 Å². The summed E-state index contributed by atoms with van der Waals surface area (Å²) < 4.78 is 60.1. The van der Waals surface area contributed by atoms with Gasteiger partial charge in [-0.1, -0.05) is 43.7 Å². The van der Waals surface area contributed by atoms with Crippen LogP contribution in [0.1, 0.15) is 40.0 Å². The Morgan fingerprint density at radius 3 is 2.33 bits per heavy atom. The van der Waals surface area contributed by atoms with Crippen LogP contribution < -0.4 is 0 Å². The first-order valence-electron chi connectivity index (χ1n) is 9.27. The summed E-state index contributed by atoms with van der Waals surface area (Å²) in [7, 11) is -3.15. The molecule has 0 atom stereocenters. The predicted molar refractivity (Wildman–Crippen MR) is 114 cm³/mol. The molecule has 1 aliphatic rings. The molecular weight excluding hydrogens is 439 g/mol. The van der Waals surface area contributed by atoms with Crippen molar-refractivity contribution in [1.29, 1.82) is 0 Å². The molecule has 0 aliphatic heterocycles. The van der Waals surface area contributed by atoms with Gasteiger partial charge in [0.2, 0.25) is 0 Å². The van der Waals surface area contributed by atoms with Crippen LogP contribution in [0.3, 0.4) is 0 Å². The van der Waals surface area contributed by atoms with E-state index < -0.39 is 21.7 Å². The second-order valence-corrected chi connectivity index (χ2v) is 9.59. The molecule has 0 heterocycles. The Bertz CT molecular complexity index is 931. The average Bonchev–Trinajstić information content (AvgIpc) is 2.60. The van der Waals surface area contributed by atoms with Crippen molar-refractivity contribution in [3.63, 3.8) is 0 Å². The smallest absolute Gasteiger partial charge is 0.294 e. The van der Waals surface area contributed by atoms with E-state index in [1.165, 1.54) is 13.0 Å². The van der Waals surface area contributed by atoms with Crippen LogP contribution in [0.25, 0.3) is 0 Å². The maximum Gasteiger partial charge on any atom is 0.429 e. The normalized spacial score (nSPS) is 20.0. The van der Waals surface area contributed by atoms with Gasteiger partial charge >= 0.3 is 6.18 Å². The summed E-state index contributed by atoms with van der Waals surface area (Å²) in [6, 6.07) is 6.54. The zero-order chi connectivity index (χ0) is 23.1. The highest BCUT2D eigenvalue weighted by atomic mass is 35.5. The number of carbonyl (C=O) groups excluding carboxylic acids is 1. The van der Waals surface area contributed by atoms with Crippen LogP contribution in [0.15, 0.2) is 58.6 Å². The number of sulfone groups is 1. The van der Waals surface area contributed by atoms with Crippen LogP contribution in [0.5, 0.6) is 0 Å². The highest BCUT2D eigenvalue weighted by Crippen LogP contribution is 2.38. The van der Waals surface area contributed by atoms with Gasteiger partial charge in [-0.15, -0.1) is 0 Å². The number of rotatable bonds is 6. The van der Waals surface area contributed by atoms with Gasteiger partial charge in [0.05, 0.1) is 10.1 Å². The van der Waals surface area contributed by atoms with Gasteiger partial charge < -0.3 is 0 Å². The third kappa shape index (κ3) is 7.40. The first-order valence-corrected chi connectivity index (χ1v) is 11.2. The first kappa shape index (κ1) is 26.1. The lowest BCUT2D eigenvalue weighted by Gasteiger charge is -2.34. The minimum absolute atomic E-state index is 0.0496. The lowest BCUT2D eigenvalue weighted by molar-refractivity contribution is -0.113. The number of aliphatic imine (C=N–C) groups is 1. The summed E-state index contributed by atoms with van der Waals surface area (Å²) in [6.45, 7) is 7.45. The van der Waals surface area contributed by atoms with Gasteiger partial charge in [0.1, 0.15) is 5.71 Å². The molecule has 4 nitrogen and oxygen atoms in total. The summed E-state index contributed by atoms with van der Waals surface area (Å²) in [5, 5.41) is 0.281. The fraction of sp³-hybridized carbons (Fsp3) is 0.429. The van der Waals surface area contributed by atoms with Crippen molar-refractivity contribution in [2.45, 2.75) is 56.4 Å². The number of carbonyl (C=O) groups is 1. The van der Waals surface area contributed by atoms with Crippen molar-refractivity contribution in [3.05, 3.63) is 53.7 Å². The second-order valence-electron chi connectivity index (χ2n) is 6.93. The average molecular weight is 464 g/mol. The molecule has 0 bridgehead atoms. The molecular formula is C21H25ClF3NO3S. The van der Waals surface area contributed by atoms with Crippen molar-refractivity contribution in [3.8, 4) is 0 Å². The molecule has 0 saturated heterocycles. The number of ketones is 1. The maximum absolute atomic E-state index is 12.2. The Morgan fingerprint density at radius 1 is 1.30 bits per heavy atom. The van der Waals surface area contributed by atoms with E-state index in [-0.39, 0.29) is 16.6 Å². The van der Waals surface area contributed by atoms with E-state index in [2.05, 4.69) is 18.5 Å². The molecule has 166 valence electrons. The topological polar surface area (TPSA) is 63.6 Å². The van der Waals surface area contributed by atoms with E-state index in [0.29, 0.717) is 15.8 Å². The fourth-order valence-electron chi connectivity index (χ4n) is 2.62. The third-order valence-electron chi connectivity index (χ3n) is 4.77. The van der Waals surface area contributed by atoms with Gasteiger partial charge in [-0.05, 0) is 50.8 Å². The maximum atomic E-state index is 12.2. The Morgan fingerprint density at radius 2 is 1.90 bits per heavy atom. The van der Waals surface area contributed by atoms with E-state index in [1.807, 2.05) is 0 Å². The number of Topliss-reactive ketones (excluding diaryl/α,β-unsaturated/α-hetero) is 1. The zero-order valence-corrected chi connectivity index (χ0v) is 18.6. The lowest BCUT2D eigenvalue weighted by Crippen LogP contribution is -2.35. The number of halogens is 4. The summed E-state index contributed by atoms with van der Waals surface area (Å²) in [6.07, 6.45) is 0.228. The minimum Gasteiger partial charge on any atom is -0.294 e. The molecule has 0 aromatic heterocycles. The standard InChI is InChI=1S/C12H15ClO2S.C9H10F3NO/c1-2-9-6-12(7-9)16(14,15)11-5-3-4-10(13)8-11;1-4-8(6(2)14)5-13-7(3)9(10,11)12/h3-5,8-9,12H,2,6-7H2,1H3;4-5H,1H2,2-3H3/b;8-5+,13-7?. The van der Waals surface area contributed by atoms with Crippen molar-refractivity contribution in [2.24, 2.45) is 10.9 Å². The Kier molecular flexibility index (Phi) is 9.49. The van der Waals surface area contributed by atoms with Crippen LogP contribution in [-0.2, 0) is 14.6 Å². The van der Waals surface area contributed by atoms with Gasteiger partial charge in [0, 0.05) is 16.8 Å². The lowest BCUT2D eigenvalue weighted by atomic mass is 9.83. The monoisotopic (exact) mass is 463 g/mol. The second kappa shape index (κ2) is 10.9. The number of hydrogen-bond acceptors (Lipinski definition) is 4. The molecule has 2 rings (SSSR count). The number of nitrogens with zero attached hydrogens (tertiary/aromatic N) is 1. The SMILES string of the molecule is C=C/C(=C\N=C(C)C(F)(F)F)C(C)=O.CCC1CC(S(=O)(=O)c2cccc(Cl)c2)C1. The van der Waals surface area contributed by atoms with E-state index in [0.717, 1.165) is 38.5 Å². The third-order valence-corrected chi connectivity index (χ3v) is 7.18. The molecule has 0 N–H and O–H groups in total. The van der Waals surface area contributed by atoms with Gasteiger partial charge in [-0.25, -0.2) is 8.42 Å². The predicted octanol–water partition coefficient (Wildman–Crippen LogP) is 5.97. The molecule has 0 unspecified atom stereocenters. The minimum atomic E-state index is -4.46. The van der Waals surface area contributed by atoms with Gasteiger partial charge in [0.25, 0.3) is 0 Å². The molecule has 1 fully saturated rings. The summed E-state index contributed by atoms with van der Waals surface area (Å²) in [5.74, 6) is 0.206. The summed E-state index contributed by atoms with van der Waals surface area (Å²) >= 11 is 5.81. The molecule has 30 heavy (non-hydrogen) atoms. The quantitative estimate of drug-likeness (QED) is 0.296. The molecule has 1 aliphatic carbocycles. The molecule has 0 spiro atoms. The molecule has 1 aromatic carbocycles. The van der Waals surface area contributed by atoms with Crippen LogP contribution >= 0.6 is 11.6 Å². The van der Waals surface area contributed by atoms with Crippen molar-refractivity contribution >= 4 is 32.9 Å².